The van der Waals surface area contributed by atoms with Gasteiger partial charge in [-0.15, -0.1) is 0 Å². The molecule has 3 N–H and O–H groups in total. The molecule has 2 aromatic heterocycles. The van der Waals surface area contributed by atoms with Crippen LogP contribution in [0.2, 0.25) is 0 Å². The van der Waals surface area contributed by atoms with Crippen molar-refractivity contribution in [2.24, 2.45) is 11.8 Å². The molecule has 1 aromatic carbocycles. The molecule has 6 heteroatoms. The first-order valence-corrected chi connectivity index (χ1v) is 10.4. The second kappa shape index (κ2) is 6.44. The summed E-state index contributed by atoms with van der Waals surface area (Å²) in [5.41, 5.74) is 2.57. The Balaban J connectivity index is 1.17. The van der Waals surface area contributed by atoms with Crippen LogP contribution in [-0.2, 0) is 13.1 Å². The third-order valence-electron chi connectivity index (χ3n) is 6.90. The molecular formula is C24H24N2O4. The summed E-state index contributed by atoms with van der Waals surface area (Å²) < 4.78 is 12.9. The van der Waals surface area contributed by atoms with Gasteiger partial charge in [-0.3, -0.25) is 4.57 Å². The average molecular weight is 404 g/mol. The lowest BCUT2D eigenvalue weighted by Crippen LogP contribution is -2.36. The molecule has 30 heavy (non-hydrogen) atoms. The molecule has 4 aliphatic carbocycles. The fraction of sp³-hybridized carbons (Fsp3) is 0.333. The van der Waals surface area contributed by atoms with E-state index in [2.05, 4.69) is 29.6 Å². The molecule has 0 saturated carbocycles. The summed E-state index contributed by atoms with van der Waals surface area (Å²) in [4.78, 5) is 0. The molecule has 154 valence electrons. The van der Waals surface area contributed by atoms with Gasteiger partial charge in [-0.1, -0.05) is 36.4 Å². The molecule has 2 heterocycles. The molecule has 4 aliphatic rings. The van der Waals surface area contributed by atoms with Gasteiger partial charge in [0.1, 0.15) is 5.76 Å². The molecule has 3 unspecified atom stereocenters. The molecule has 0 amide bonds. The van der Waals surface area contributed by atoms with Gasteiger partial charge in [0.15, 0.2) is 23.1 Å². The number of fused-ring (bicyclic) bond motifs is 1. The van der Waals surface area contributed by atoms with E-state index < -0.39 is 0 Å². The Bertz CT molecular complexity index is 1160. The van der Waals surface area contributed by atoms with E-state index in [9.17, 15) is 10.2 Å². The number of aromatic nitrogens is 1. The van der Waals surface area contributed by atoms with E-state index >= 15 is 0 Å². The molecule has 6 nitrogen and oxygen atoms in total. The zero-order chi connectivity index (χ0) is 20.4. The first-order valence-electron chi connectivity index (χ1n) is 10.4. The second-order valence-corrected chi connectivity index (χ2v) is 8.37. The van der Waals surface area contributed by atoms with Crippen molar-refractivity contribution in [1.29, 1.82) is 0 Å². The lowest BCUT2D eigenvalue weighted by atomic mass is 9.56. The van der Waals surface area contributed by atoms with Crippen molar-refractivity contribution in [3.63, 3.8) is 0 Å². The first-order chi connectivity index (χ1) is 14.7. The number of hydrogen-bond acceptors (Lipinski definition) is 5. The Morgan fingerprint density at radius 2 is 1.73 bits per heavy atom. The van der Waals surface area contributed by atoms with E-state index in [-0.39, 0.29) is 23.6 Å². The van der Waals surface area contributed by atoms with E-state index in [1.807, 2.05) is 24.3 Å². The normalized spacial score (nSPS) is 25.4. The topological polar surface area (TPSA) is 79.8 Å². The van der Waals surface area contributed by atoms with Crippen LogP contribution in [-0.4, -0.2) is 28.4 Å². The molecule has 0 fully saturated rings. The third-order valence-corrected chi connectivity index (χ3v) is 6.90. The zero-order valence-electron chi connectivity index (χ0n) is 16.7. The summed E-state index contributed by atoms with van der Waals surface area (Å²) >= 11 is 0. The van der Waals surface area contributed by atoms with Crippen molar-refractivity contribution >= 4 is 11.0 Å². The van der Waals surface area contributed by atoms with E-state index in [4.69, 9.17) is 9.15 Å². The van der Waals surface area contributed by atoms with Gasteiger partial charge in [0, 0.05) is 41.4 Å². The summed E-state index contributed by atoms with van der Waals surface area (Å²) in [5, 5.41) is 26.1. The highest BCUT2D eigenvalue weighted by Crippen LogP contribution is 2.61. The summed E-state index contributed by atoms with van der Waals surface area (Å²) in [7, 11) is 1.63. The fourth-order valence-corrected chi connectivity index (χ4v) is 5.40. The highest BCUT2D eigenvalue weighted by molar-refractivity contribution is 5.83. The minimum atomic E-state index is 0.172. The van der Waals surface area contributed by atoms with Gasteiger partial charge in [-0.05, 0) is 24.0 Å². The van der Waals surface area contributed by atoms with E-state index in [0.717, 1.165) is 33.6 Å². The summed E-state index contributed by atoms with van der Waals surface area (Å²) in [6.45, 7) is 1.63. The maximum Gasteiger partial charge on any atom is 0.198 e. The largest absolute Gasteiger partial charge is 0.494 e. The predicted molar refractivity (Wildman–Crippen MR) is 113 cm³/mol. The number of benzene rings is 1. The monoisotopic (exact) mass is 404 g/mol. The third kappa shape index (κ3) is 2.34. The minimum Gasteiger partial charge on any atom is -0.494 e. The van der Waals surface area contributed by atoms with Crippen LogP contribution in [0, 0.1) is 11.8 Å². The van der Waals surface area contributed by atoms with Gasteiger partial charge < -0.3 is 24.7 Å². The van der Waals surface area contributed by atoms with Crippen LogP contribution in [0.5, 0.6) is 17.5 Å². The summed E-state index contributed by atoms with van der Waals surface area (Å²) in [5.74, 6) is 3.20. The number of hydrogen-bond donors (Lipinski definition) is 3. The van der Waals surface area contributed by atoms with Crippen LogP contribution < -0.4 is 10.1 Å². The van der Waals surface area contributed by atoms with Gasteiger partial charge in [0.2, 0.25) is 0 Å². The lowest BCUT2D eigenvalue weighted by Gasteiger charge is -2.47. The van der Waals surface area contributed by atoms with Crippen LogP contribution in [0.4, 0.5) is 0 Å². The number of allylic oxidation sites excluding steroid dienone is 4. The van der Waals surface area contributed by atoms with E-state index in [1.165, 1.54) is 0 Å². The molecule has 3 aromatic rings. The van der Waals surface area contributed by atoms with Crippen molar-refractivity contribution in [1.82, 2.24) is 9.88 Å². The minimum absolute atomic E-state index is 0.172. The maximum absolute atomic E-state index is 10.9. The predicted octanol–water partition coefficient (Wildman–Crippen LogP) is 4.00. The Labute approximate surface area is 174 Å². The van der Waals surface area contributed by atoms with E-state index in [0.29, 0.717) is 31.5 Å². The number of ether oxygens (including phenoxy) is 1. The summed E-state index contributed by atoms with van der Waals surface area (Å²) in [6, 6.07) is 7.82. The van der Waals surface area contributed by atoms with Gasteiger partial charge in [0.05, 0.1) is 13.7 Å². The lowest BCUT2D eigenvalue weighted by molar-refractivity contribution is 0.306. The highest BCUT2D eigenvalue weighted by atomic mass is 16.5. The molecule has 7 rings (SSSR count). The quantitative estimate of drug-likeness (QED) is 0.428. The van der Waals surface area contributed by atoms with Crippen LogP contribution in [0.3, 0.4) is 0 Å². The molecule has 0 radical (unpaired) electrons. The van der Waals surface area contributed by atoms with Crippen molar-refractivity contribution in [2.75, 3.05) is 13.7 Å². The standard InChI is InChI=1S/C24H24N2O4/c1-29-19-4-2-3-13-11-14(30-22(13)19)12-25-9-10-26-23(27)20-17-7-8-18(21(20)24(26)28)16-6-5-15(16)17/h2-8,11,15-18,25,27-28H,9-10,12H2,1H3/t15?,16?,17-,18?/m0/s1. The Hall–Kier alpha value is -3.12. The maximum atomic E-state index is 10.9. The Kier molecular flexibility index (Phi) is 3.80. The number of nitrogens with one attached hydrogen (secondary N) is 1. The summed E-state index contributed by atoms with van der Waals surface area (Å²) in [6.07, 6.45) is 8.84. The van der Waals surface area contributed by atoms with Gasteiger partial charge in [0.25, 0.3) is 0 Å². The van der Waals surface area contributed by atoms with E-state index in [1.54, 1.807) is 11.7 Å². The molecule has 4 atom stereocenters. The van der Waals surface area contributed by atoms with Gasteiger partial charge in [-0.25, -0.2) is 0 Å². The van der Waals surface area contributed by atoms with Crippen LogP contribution in [0.25, 0.3) is 11.0 Å². The van der Waals surface area contributed by atoms with Gasteiger partial charge in [-0.2, -0.15) is 0 Å². The molecule has 0 saturated heterocycles. The van der Waals surface area contributed by atoms with Crippen LogP contribution in [0.1, 0.15) is 28.7 Å². The second-order valence-electron chi connectivity index (χ2n) is 8.37. The van der Waals surface area contributed by atoms with Crippen LogP contribution >= 0.6 is 0 Å². The molecular weight excluding hydrogens is 380 g/mol. The van der Waals surface area contributed by atoms with Crippen molar-refractivity contribution < 1.29 is 19.4 Å². The number of furan rings is 1. The van der Waals surface area contributed by atoms with Gasteiger partial charge >= 0.3 is 0 Å². The van der Waals surface area contributed by atoms with Crippen molar-refractivity contribution in [3.05, 3.63) is 65.5 Å². The zero-order valence-corrected chi connectivity index (χ0v) is 16.7. The Morgan fingerprint density at radius 3 is 2.37 bits per heavy atom. The smallest absolute Gasteiger partial charge is 0.198 e. The Morgan fingerprint density at radius 1 is 1.03 bits per heavy atom. The number of aromatic hydroxyl groups is 2. The number of methoxy groups -OCH3 is 1. The number of nitrogens with zero attached hydrogens (tertiary/aromatic N) is 1. The number of para-hydroxylation sites is 1. The fourth-order valence-electron chi connectivity index (χ4n) is 5.40. The number of rotatable bonds is 6. The molecule has 2 bridgehead atoms. The molecule has 0 aliphatic heterocycles. The van der Waals surface area contributed by atoms with Crippen molar-refractivity contribution in [3.8, 4) is 17.5 Å². The van der Waals surface area contributed by atoms with Crippen LogP contribution in [0.15, 0.2) is 53.0 Å². The SMILES string of the molecule is COc1cccc2cc(CNCCn3c(O)c4c(c3O)[C@H]3C=CC4C4C=CC43)oc12. The first kappa shape index (κ1) is 17.7. The average Bonchev–Trinajstić information content (AvgIpc) is 3.25. The molecule has 0 spiro atoms. The highest BCUT2D eigenvalue weighted by Gasteiger charge is 2.49. The van der Waals surface area contributed by atoms with Crippen molar-refractivity contribution in [2.45, 2.75) is 24.9 Å².